The Balaban J connectivity index is 1.83. The van der Waals surface area contributed by atoms with E-state index in [0.29, 0.717) is 19.7 Å². The Morgan fingerprint density at radius 1 is 1.30 bits per heavy atom. The number of carbonyl (C=O) groups is 2. The van der Waals surface area contributed by atoms with Gasteiger partial charge in [-0.3, -0.25) is 9.59 Å². The average molecular weight is 320 g/mol. The Hall–Kier alpha value is -1.92. The molecule has 0 aliphatic carbocycles. The summed E-state index contributed by atoms with van der Waals surface area (Å²) >= 11 is 0. The van der Waals surface area contributed by atoms with E-state index in [1.54, 1.807) is 4.90 Å². The maximum absolute atomic E-state index is 12.3. The van der Waals surface area contributed by atoms with Gasteiger partial charge in [0, 0.05) is 26.1 Å². The number of nitrogens with zero attached hydrogens (tertiary/aromatic N) is 1. The highest BCUT2D eigenvalue weighted by Crippen LogP contribution is 2.12. The second kappa shape index (κ2) is 9.27. The summed E-state index contributed by atoms with van der Waals surface area (Å²) in [6.45, 7) is 1.93. The number of amides is 2. The minimum atomic E-state index is -0.420. The van der Waals surface area contributed by atoms with Gasteiger partial charge in [-0.25, -0.2) is 0 Å². The summed E-state index contributed by atoms with van der Waals surface area (Å²) in [5.41, 5.74) is 6.20. The Morgan fingerprint density at radius 3 is 2.74 bits per heavy atom. The van der Waals surface area contributed by atoms with Crippen LogP contribution in [0, 0.1) is 0 Å². The zero-order valence-electron chi connectivity index (χ0n) is 13.3. The van der Waals surface area contributed by atoms with Crippen molar-refractivity contribution in [3.8, 4) is 0 Å². The van der Waals surface area contributed by atoms with Crippen molar-refractivity contribution < 1.29 is 19.1 Å². The van der Waals surface area contributed by atoms with Gasteiger partial charge >= 0.3 is 0 Å². The van der Waals surface area contributed by atoms with Crippen LogP contribution in [-0.2, 0) is 25.6 Å². The van der Waals surface area contributed by atoms with Crippen molar-refractivity contribution in [2.24, 2.45) is 5.73 Å². The van der Waals surface area contributed by atoms with Crippen LogP contribution in [0.2, 0.25) is 0 Å². The molecule has 1 aromatic rings. The van der Waals surface area contributed by atoms with E-state index in [2.05, 4.69) is 0 Å². The van der Waals surface area contributed by atoms with Crippen molar-refractivity contribution in [3.05, 3.63) is 35.9 Å². The van der Waals surface area contributed by atoms with Crippen LogP contribution in [-0.4, -0.2) is 49.2 Å². The van der Waals surface area contributed by atoms with Crippen molar-refractivity contribution in [2.75, 3.05) is 26.4 Å². The van der Waals surface area contributed by atoms with Crippen LogP contribution in [0.5, 0.6) is 0 Å². The second-order valence-corrected chi connectivity index (χ2v) is 5.67. The van der Waals surface area contributed by atoms with Gasteiger partial charge in [-0.15, -0.1) is 0 Å². The van der Waals surface area contributed by atoms with Crippen molar-refractivity contribution in [2.45, 2.75) is 31.9 Å². The normalized spacial score (nSPS) is 17.1. The molecule has 126 valence electrons. The number of nitrogens with two attached hydrogens (primary N) is 1. The van der Waals surface area contributed by atoms with Gasteiger partial charge < -0.3 is 20.1 Å². The number of primary amides is 1. The SMILES string of the molecule is NC(=O)CCN(Cc1ccccc1)C(=O)COCC1CCCO1. The minimum absolute atomic E-state index is 0.00848. The standard InChI is InChI=1S/C17H24N2O4/c18-16(20)8-9-19(11-14-5-2-1-3-6-14)17(21)13-22-12-15-7-4-10-23-15/h1-3,5-6,15H,4,7-13H2,(H2,18,20). The highest BCUT2D eigenvalue weighted by Gasteiger charge is 2.18. The number of hydrogen-bond acceptors (Lipinski definition) is 4. The van der Waals surface area contributed by atoms with Crippen LogP contribution in [0.15, 0.2) is 30.3 Å². The van der Waals surface area contributed by atoms with Gasteiger partial charge in [0.25, 0.3) is 0 Å². The summed E-state index contributed by atoms with van der Waals surface area (Å²) in [5.74, 6) is -0.566. The lowest BCUT2D eigenvalue weighted by molar-refractivity contribution is -0.138. The zero-order chi connectivity index (χ0) is 16.5. The fourth-order valence-corrected chi connectivity index (χ4v) is 2.49. The first kappa shape index (κ1) is 17.4. The predicted molar refractivity (Wildman–Crippen MR) is 85.5 cm³/mol. The summed E-state index contributed by atoms with van der Waals surface area (Å²) in [6, 6.07) is 9.64. The van der Waals surface area contributed by atoms with Crippen molar-refractivity contribution >= 4 is 11.8 Å². The van der Waals surface area contributed by atoms with Crippen LogP contribution >= 0.6 is 0 Å². The van der Waals surface area contributed by atoms with Gasteiger partial charge in [0.15, 0.2) is 0 Å². The molecule has 1 saturated heterocycles. The van der Waals surface area contributed by atoms with Gasteiger partial charge in [-0.1, -0.05) is 30.3 Å². The van der Waals surface area contributed by atoms with Crippen LogP contribution in [0.1, 0.15) is 24.8 Å². The van der Waals surface area contributed by atoms with Crippen LogP contribution in [0.4, 0.5) is 0 Å². The maximum Gasteiger partial charge on any atom is 0.248 e. The average Bonchev–Trinajstić information content (AvgIpc) is 3.05. The lowest BCUT2D eigenvalue weighted by atomic mass is 10.2. The molecule has 0 bridgehead atoms. The summed E-state index contributed by atoms with van der Waals surface area (Å²) in [5, 5.41) is 0. The first-order chi connectivity index (χ1) is 11.1. The van der Waals surface area contributed by atoms with Gasteiger partial charge in [0.1, 0.15) is 6.61 Å². The third-order valence-corrected chi connectivity index (χ3v) is 3.75. The molecule has 6 heteroatoms. The van der Waals surface area contributed by atoms with Crippen molar-refractivity contribution in [1.82, 2.24) is 4.90 Å². The highest BCUT2D eigenvalue weighted by atomic mass is 16.5. The van der Waals surface area contributed by atoms with Crippen molar-refractivity contribution in [1.29, 1.82) is 0 Å². The van der Waals surface area contributed by atoms with E-state index in [0.717, 1.165) is 25.0 Å². The first-order valence-electron chi connectivity index (χ1n) is 7.94. The number of benzene rings is 1. The van der Waals surface area contributed by atoms with Crippen molar-refractivity contribution in [3.63, 3.8) is 0 Å². The molecule has 1 aromatic carbocycles. The molecule has 0 spiro atoms. The number of rotatable bonds is 9. The van der Waals surface area contributed by atoms with E-state index in [1.807, 2.05) is 30.3 Å². The molecule has 1 atom stereocenters. The molecular formula is C17H24N2O4. The van der Waals surface area contributed by atoms with Gasteiger partial charge in [-0.05, 0) is 18.4 Å². The smallest absolute Gasteiger partial charge is 0.248 e. The highest BCUT2D eigenvalue weighted by molar-refractivity contribution is 5.79. The summed E-state index contributed by atoms with van der Waals surface area (Å²) in [6.07, 6.45) is 2.25. The number of carbonyl (C=O) groups excluding carboxylic acids is 2. The topological polar surface area (TPSA) is 81.9 Å². The Kier molecular flexibility index (Phi) is 7.03. The number of ether oxygens (including phenoxy) is 2. The lowest BCUT2D eigenvalue weighted by Crippen LogP contribution is -2.36. The molecule has 0 saturated carbocycles. The first-order valence-corrected chi connectivity index (χ1v) is 7.94. The molecule has 0 radical (unpaired) electrons. The third kappa shape index (κ3) is 6.38. The Morgan fingerprint density at radius 2 is 2.09 bits per heavy atom. The van der Waals surface area contributed by atoms with Gasteiger partial charge in [-0.2, -0.15) is 0 Å². The van der Waals surface area contributed by atoms with E-state index in [1.165, 1.54) is 0 Å². The largest absolute Gasteiger partial charge is 0.376 e. The maximum atomic E-state index is 12.3. The summed E-state index contributed by atoms with van der Waals surface area (Å²) in [7, 11) is 0. The Labute approximate surface area is 136 Å². The summed E-state index contributed by atoms with van der Waals surface area (Å²) < 4.78 is 10.9. The third-order valence-electron chi connectivity index (χ3n) is 3.75. The van der Waals surface area contributed by atoms with Crippen LogP contribution in [0.25, 0.3) is 0 Å². The second-order valence-electron chi connectivity index (χ2n) is 5.67. The molecule has 2 rings (SSSR count). The molecule has 1 aliphatic rings. The van der Waals surface area contributed by atoms with Gasteiger partial charge in [0.2, 0.25) is 11.8 Å². The molecule has 1 unspecified atom stereocenters. The number of hydrogen-bond donors (Lipinski definition) is 1. The molecule has 1 aliphatic heterocycles. The van der Waals surface area contributed by atoms with Crippen LogP contribution < -0.4 is 5.73 Å². The molecule has 6 nitrogen and oxygen atoms in total. The van der Waals surface area contributed by atoms with E-state index in [4.69, 9.17) is 15.2 Å². The van der Waals surface area contributed by atoms with Crippen LogP contribution in [0.3, 0.4) is 0 Å². The molecule has 1 fully saturated rings. The van der Waals surface area contributed by atoms with E-state index >= 15 is 0 Å². The van der Waals surface area contributed by atoms with E-state index in [-0.39, 0.29) is 25.0 Å². The monoisotopic (exact) mass is 320 g/mol. The molecule has 23 heavy (non-hydrogen) atoms. The molecule has 1 heterocycles. The predicted octanol–water partition coefficient (Wildman–Crippen LogP) is 1.09. The van der Waals surface area contributed by atoms with E-state index < -0.39 is 5.91 Å². The molecular weight excluding hydrogens is 296 g/mol. The Bertz CT molecular complexity index is 501. The summed E-state index contributed by atoms with van der Waals surface area (Å²) in [4.78, 5) is 25.0. The zero-order valence-corrected chi connectivity index (χ0v) is 13.3. The molecule has 0 aromatic heterocycles. The van der Waals surface area contributed by atoms with Gasteiger partial charge in [0.05, 0.1) is 12.7 Å². The fraction of sp³-hybridized carbons (Fsp3) is 0.529. The van der Waals surface area contributed by atoms with E-state index in [9.17, 15) is 9.59 Å². The lowest BCUT2D eigenvalue weighted by Gasteiger charge is -2.22. The minimum Gasteiger partial charge on any atom is -0.376 e. The fourth-order valence-electron chi connectivity index (χ4n) is 2.49. The molecule has 2 N–H and O–H groups in total. The quantitative estimate of drug-likeness (QED) is 0.738. The molecule has 2 amide bonds.